The first-order valence-electron chi connectivity index (χ1n) is 9.53. The largest absolute Gasteiger partial charge is 0.496 e. The Labute approximate surface area is 176 Å². The van der Waals surface area contributed by atoms with Crippen LogP contribution in [-0.2, 0) is 19.6 Å². The molecule has 0 unspecified atom stereocenters. The van der Waals surface area contributed by atoms with Crippen molar-refractivity contribution in [2.75, 3.05) is 12.4 Å². The summed E-state index contributed by atoms with van der Waals surface area (Å²) in [5, 5.41) is 14.5. The third-order valence-corrected chi connectivity index (χ3v) is 4.50. The van der Waals surface area contributed by atoms with Gasteiger partial charge in [-0.2, -0.15) is 5.26 Å². The third-order valence-electron chi connectivity index (χ3n) is 4.50. The number of carbonyl (C=O) groups is 1. The van der Waals surface area contributed by atoms with E-state index in [0.717, 1.165) is 22.4 Å². The Morgan fingerprint density at radius 3 is 2.40 bits per heavy atom. The van der Waals surface area contributed by atoms with E-state index in [-0.39, 0.29) is 6.03 Å². The zero-order chi connectivity index (χ0) is 21.2. The maximum atomic E-state index is 12.4. The van der Waals surface area contributed by atoms with E-state index in [2.05, 4.69) is 16.7 Å². The number of nitrogens with zero attached hydrogens (tertiary/aromatic N) is 1. The van der Waals surface area contributed by atoms with Crippen LogP contribution >= 0.6 is 0 Å². The molecule has 0 aromatic heterocycles. The number of ether oxygens (including phenoxy) is 2. The van der Waals surface area contributed by atoms with E-state index in [9.17, 15) is 4.79 Å². The molecule has 6 heteroatoms. The van der Waals surface area contributed by atoms with Crippen molar-refractivity contribution in [3.8, 4) is 17.6 Å². The minimum atomic E-state index is -0.311. The number of para-hydroxylation sites is 2. The molecular weight excluding hydrogens is 378 g/mol. The van der Waals surface area contributed by atoms with Gasteiger partial charge < -0.3 is 20.1 Å². The van der Waals surface area contributed by atoms with Crippen LogP contribution in [0.4, 0.5) is 10.5 Å². The number of methoxy groups -OCH3 is 1. The van der Waals surface area contributed by atoms with E-state index < -0.39 is 0 Å². The lowest BCUT2D eigenvalue weighted by molar-refractivity contribution is 0.251. The molecule has 0 heterocycles. The van der Waals surface area contributed by atoms with Crippen molar-refractivity contribution in [2.45, 2.75) is 19.6 Å². The fraction of sp³-hybridized carbons (Fsp3) is 0.167. The summed E-state index contributed by atoms with van der Waals surface area (Å²) < 4.78 is 11.1. The van der Waals surface area contributed by atoms with E-state index in [1.807, 2.05) is 72.8 Å². The number of amides is 2. The van der Waals surface area contributed by atoms with Crippen molar-refractivity contribution >= 4 is 11.7 Å². The Morgan fingerprint density at radius 1 is 0.967 bits per heavy atom. The van der Waals surface area contributed by atoms with Crippen molar-refractivity contribution in [1.29, 1.82) is 5.26 Å². The van der Waals surface area contributed by atoms with Gasteiger partial charge in [0.1, 0.15) is 18.1 Å². The molecule has 3 rings (SSSR count). The van der Waals surface area contributed by atoms with Crippen LogP contribution in [0.2, 0.25) is 0 Å². The zero-order valence-electron chi connectivity index (χ0n) is 16.7. The standard InChI is InChI=1S/C24H23N3O3/c1-29-23-9-5-3-6-19(23)16-26-24(28)27-22-8-4-2-7-20(22)17-30-21-12-10-18(11-13-21)14-15-25/h2-13H,14,16-17H2,1H3,(H2,26,27,28). The smallest absolute Gasteiger partial charge is 0.319 e. The summed E-state index contributed by atoms with van der Waals surface area (Å²) in [4.78, 5) is 12.4. The maximum absolute atomic E-state index is 12.4. The number of carbonyl (C=O) groups excluding carboxylic acids is 1. The van der Waals surface area contributed by atoms with Gasteiger partial charge in [0.15, 0.2) is 0 Å². The Hall–Kier alpha value is -3.98. The second-order valence-corrected chi connectivity index (χ2v) is 6.54. The van der Waals surface area contributed by atoms with Crippen LogP contribution in [-0.4, -0.2) is 13.1 Å². The molecule has 152 valence electrons. The molecule has 0 radical (unpaired) electrons. The van der Waals surface area contributed by atoms with E-state index in [1.165, 1.54) is 0 Å². The number of rotatable bonds is 8. The lowest BCUT2D eigenvalue weighted by atomic mass is 10.1. The molecule has 6 nitrogen and oxygen atoms in total. The van der Waals surface area contributed by atoms with Crippen molar-refractivity contribution in [3.63, 3.8) is 0 Å². The summed E-state index contributed by atoms with van der Waals surface area (Å²) in [6.07, 6.45) is 0.372. The normalized spacial score (nSPS) is 10.0. The van der Waals surface area contributed by atoms with E-state index in [0.29, 0.717) is 31.0 Å². The molecule has 0 aliphatic heterocycles. The van der Waals surface area contributed by atoms with Crippen LogP contribution in [0.1, 0.15) is 16.7 Å². The highest BCUT2D eigenvalue weighted by Crippen LogP contribution is 2.20. The molecular formula is C24H23N3O3. The number of nitriles is 1. The summed E-state index contributed by atoms with van der Waals surface area (Å²) >= 11 is 0. The third kappa shape index (κ3) is 5.76. The average Bonchev–Trinajstić information content (AvgIpc) is 2.78. The monoisotopic (exact) mass is 401 g/mol. The summed E-state index contributed by atoms with van der Waals surface area (Å²) in [5.41, 5.74) is 3.37. The molecule has 0 atom stereocenters. The summed E-state index contributed by atoms with van der Waals surface area (Å²) in [6.45, 7) is 0.657. The van der Waals surface area contributed by atoms with Crippen LogP contribution in [0, 0.1) is 11.3 Å². The molecule has 3 aromatic carbocycles. The molecule has 0 aliphatic rings. The summed E-state index contributed by atoms with van der Waals surface area (Å²) in [6, 6.07) is 24.3. The van der Waals surface area contributed by atoms with Crippen molar-refractivity contribution in [1.82, 2.24) is 5.32 Å². The topological polar surface area (TPSA) is 83.4 Å². The van der Waals surface area contributed by atoms with E-state index in [1.54, 1.807) is 7.11 Å². The highest BCUT2D eigenvalue weighted by atomic mass is 16.5. The SMILES string of the molecule is COc1ccccc1CNC(=O)Nc1ccccc1COc1ccc(CC#N)cc1. The van der Waals surface area contributed by atoms with Gasteiger partial charge >= 0.3 is 6.03 Å². The molecule has 30 heavy (non-hydrogen) atoms. The van der Waals surface area contributed by atoms with E-state index in [4.69, 9.17) is 14.7 Å². The quantitative estimate of drug-likeness (QED) is 0.575. The molecule has 0 spiro atoms. The first-order valence-corrected chi connectivity index (χ1v) is 9.53. The molecule has 2 N–H and O–H groups in total. The van der Waals surface area contributed by atoms with E-state index >= 15 is 0 Å². The Kier molecular flexibility index (Phi) is 7.28. The molecule has 3 aromatic rings. The van der Waals surface area contributed by atoms with Gasteiger partial charge in [0.05, 0.1) is 19.6 Å². The molecule has 0 bridgehead atoms. The second kappa shape index (κ2) is 10.5. The Bertz CT molecular complexity index is 1030. The van der Waals surface area contributed by atoms with Crippen LogP contribution < -0.4 is 20.1 Å². The first-order chi connectivity index (χ1) is 14.7. The van der Waals surface area contributed by atoms with Crippen LogP contribution in [0.3, 0.4) is 0 Å². The fourth-order valence-corrected chi connectivity index (χ4v) is 2.92. The number of urea groups is 1. The maximum Gasteiger partial charge on any atom is 0.319 e. The van der Waals surface area contributed by atoms with Gasteiger partial charge in [-0.05, 0) is 29.8 Å². The molecule has 0 fully saturated rings. The van der Waals surface area contributed by atoms with Gasteiger partial charge in [0.2, 0.25) is 0 Å². The van der Waals surface area contributed by atoms with Gasteiger partial charge in [0.25, 0.3) is 0 Å². The molecule has 0 aliphatic carbocycles. The summed E-state index contributed by atoms with van der Waals surface area (Å²) in [7, 11) is 1.60. The van der Waals surface area contributed by atoms with Gasteiger partial charge in [-0.15, -0.1) is 0 Å². The number of benzene rings is 3. The van der Waals surface area contributed by atoms with Crippen LogP contribution in [0.5, 0.6) is 11.5 Å². The predicted octanol–water partition coefficient (Wildman–Crippen LogP) is 4.66. The lowest BCUT2D eigenvalue weighted by Crippen LogP contribution is -2.28. The summed E-state index contributed by atoms with van der Waals surface area (Å²) in [5.74, 6) is 1.43. The Morgan fingerprint density at radius 2 is 1.67 bits per heavy atom. The molecule has 0 saturated heterocycles. The number of anilines is 1. The van der Waals surface area contributed by atoms with Crippen molar-refractivity contribution in [2.24, 2.45) is 0 Å². The zero-order valence-corrected chi connectivity index (χ0v) is 16.7. The first kappa shape index (κ1) is 20.7. The minimum absolute atomic E-state index is 0.306. The van der Waals surface area contributed by atoms with Crippen molar-refractivity contribution in [3.05, 3.63) is 89.5 Å². The number of nitrogens with one attached hydrogen (secondary N) is 2. The van der Waals surface area contributed by atoms with Crippen molar-refractivity contribution < 1.29 is 14.3 Å². The molecule has 2 amide bonds. The molecule has 0 saturated carbocycles. The fourth-order valence-electron chi connectivity index (χ4n) is 2.92. The Balaban J connectivity index is 1.58. The highest BCUT2D eigenvalue weighted by molar-refractivity contribution is 5.90. The van der Waals surface area contributed by atoms with Gasteiger partial charge in [-0.3, -0.25) is 0 Å². The predicted molar refractivity (Wildman–Crippen MR) is 115 cm³/mol. The van der Waals surface area contributed by atoms with Gasteiger partial charge in [-0.1, -0.05) is 48.5 Å². The minimum Gasteiger partial charge on any atom is -0.496 e. The number of hydrogen-bond acceptors (Lipinski definition) is 4. The van der Waals surface area contributed by atoms with Gasteiger partial charge in [-0.25, -0.2) is 4.79 Å². The van der Waals surface area contributed by atoms with Gasteiger partial charge in [0, 0.05) is 23.4 Å². The van der Waals surface area contributed by atoms with Crippen LogP contribution in [0.15, 0.2) is 72.8 Å². The average molecular weight is 401 g/mol. The highest BCUT2D eigenvalue weighted by Gasteiger charge is 2.09. The van der Waals surface area contributed by atoms with Crippen LogP contribution in [0.25, 0.3) is 0 Å². The lowest BCUT2D eigenvalue weighted by Gasteiger charge is -2.14. The number of hydrogen-bond donors (Lipinski definition) is 2. The second-order valence-electron chi connectivity index (χ2n) is 6.54.